The Balaban J connectivity index is 1.47. The summed E-state index contributed by atoms with van der Waals surface area (Å²) in [5, 5.41) is 12.6. The highest BCUT2D eigenvalue weighted by Gasteiger charge is 2.19. The summed E-state index contributed by atoms with van der Waals surface area (Å²) < 4.78 is 17.4. The average molecular weight is 399 g/mol. The summed E-state index contributed by atoms with van der Waals surface area (Å²) >= 11 is 0. The Morgan fingerprint density at radius 3 is 2.67 bits per heavy atom. The molecule has 2 aromatic heterocycles. The zero-order chi connectivity index (χ0) is 20.9. The van der Waals surface area contributed by atoms with E-state index in [1.54, 1.807) is 12.1 Å². The Morgan fingerprint density at radius 2 is 1.90 bits per heavy atom. The second-order valence-corrected chi connectivity index (χ2v) is 6.96. The van der Waals surface area contributed by atoms with Gasteiger partial charge in [-0.3, -0.25) is 0 Å². The quantitative estimate of drug-likeness (QED) is 0.418. The third-order valence-corrected chi connectivity index (χ3v) is 4.62. The van der Waals surface area contributed by atoms with E-state index in [0.29, 0.717) is 17.4 Å². The van der Waals surface area contributed by atoms with Gasteiger partial charge in [0.2, 0.25) is 11.6 Å². The maximum absolute atomic E-state index is 9.44. The van der Waals surface area contributed by atoms with Crippen LogP contribution in [0, 0.1) is 18.3 Å². The van der Waals surface area contributed by atoms with Crippen molar-refractivity contribution < 1.29 is 13.6 Å². The van der Waals surface area contributed by atoms with Crippen LogP contribution in [0.25, 0.3) is 11.7 Å². The third-order valence-electron chi connectivity index (χ3n) is 4.62. The SMILES string of the molecule is Cc1cccc(OCc2ccc(-c3nc(C#N)c(N[C@H](C)c4ccccc4)o3)o2)c1. The lowest BCUT2D eigenvalue weighted by Crippen LogP contribution is -2.06. The van der Waals surface area contributed by atoms with Gasteiger partial charge in [-0.2, -0.15) is 10.2 Å². The molecule has 0 spiro atoms. The number of nitrogens with zero attached hydrogens (tertiary/aromatic N) is 2. The number of aromatic nitrogens is 1. The van der Waals surface area contributed by atoms with Gasteiger partial charge in [-0.05, 0) is 49.2 Å². The van der Waals surface area contributed by atoms with E-state index in [2.05, 4.69) is 16.4 Å². The van der Waals surface area contributed by atoms with Crippen molar-refractivity contribution in [1.29, 1.82) is 5.26 Å². The molecule has 4 rings (SSSR count). The highest BCUT2D eigenvalue weighted by Crippen LogP contribution is 2.29. The number of ether oxygens (including phenoxy) is 1. The van der Waals surface area contributed by atoms with Crippen LogP contribution in [-0.2, 0) is 6.61 Å². The van der Waals surface area contributed by atoms with Crippen molar-refractivity contribution in [3.63, 3.8) is 0 Å². The largest absolute Gasteiger partial charge is 0.486 e. The fourth-order valence-electron chi connectivity index (χ4n) is 3.05. The van der Waals surface area contributed by atoms with Crippen LogP contribution in [0.4, 0.5) is 5.88 Å². The number of rotatable bonds is 7. The second kappa shape index (κ2) is 8.58. The number of hydrogen-bond donors (Lipinski definition) is 1. The smallest absolute Gasteiger partial charge is 0.266 e. The molecule has 0 saturated carbocycles. The van der Waals surface area contributed by atoms with Gasteiger partial charge in [0.05, 0.1) is 6.04 Å². The van der Waals surface area contributed by atoms with E-state index < -0.39 is 0 Å². The van der Waals surface area contributed by atoms with Crippen LogP contribution in [0.1, 0.15) is 35.5 Å². The molecule has 0 fully saturated rings. The molecule has 0 aliphatic heterocycles. The fraction of sp³-hybridized carbons (Fsp3) is 0.167. The molecule has 0 aliphatic rings. The fourth-order valence-corrected chi connectivity index (χ4v) is 3.05. The Labute approximate surface area is 174 Å². The van der Waals surface area contributed by atoms with Gasteiger partial charge in [0.15, 0.2) is 5.76 Å². The van der Waals surface area contributed by atoms with E-state index in [1.807, 2.05) is 68.4 Å². The van der Waals surface area contributed by atoms with E-state index in [0.717, 1.165) is 16.9 Å². The first kappa shape index (κ1) is 19.3. The number of nitriles is 1. The summed E-state index contributed by atoms with van der Waals surface area (Å²) in [5.41, 5.74) is 2.39. The highest BCUT2D eigenvalue weighted by atomic mass is 16.5. The number of nitrogens with one attached hydrogen (secondary N) is 1. The lowest BCUT2D eigenvalue weighted by atomic mass is 10.1. The Hall–Kier alpha value is -3.98. The van der Waals surface area contributed by atoms with Crippen LogP contribution in [0.5, 0.6) is 5.75 Å². The summed E-state index contributed by atoms with van der Waals surface area (Å²) in [6.07, 6.45) is 0. The summed E-state index contributed by atoms with van der Waals surface area (Å²) in [4.78, 5) is 4.26. The second-order valence-electron chi connectivity index (χ2n) is 6.96. The highest BCUT2D eigenvalue weighted by molar-refractivity contribution is 5.55. The summed E-state index contributed by atoms with van der Waals surface area (Å²) in [5.74, 6) is 2.41. The van der Waals surface area contributed by atoms with Crippen LogP contribution < -0.4 is 10.1 Å². The summed E-state index contributed by atoms with van der Waals surface area (Å²) in [7, 11) is 0. The van der Waals surface area contributed by atoms with E-state index in [1.165, 1.54) is 0 Å². The van der Waals surface area contributed by atoms with Gasteiger partial charge in [-0.1, -0.05) is 42.5 Å². The molecule has 0 amide bonds. The van der Waals surface area contributed by atoms with E-state index >= 15 is 0 Å². The van der Waals surface area contributed by atoms with Crippen molar-refractivity contribution in [1.82, 2.24) is 4.98 Å². The molecule has 0 unspecified atom stereocenters. The molecule has 2 heterocycles. The van der Waals surface area contributed by atoms with Crippen molar-refractivity contribution in [3.8, 4) is 23.5 Å². The predicted molar refractivity (Wildman–Crippen MR) is 113 cm³/mol. The number of anilines is 1. The van der Waals surface area contributed by atoms with E-state index in [-0.39, 0.29) is 24.2 Å². The summed E-state index contributed by atoms with van der Waals surface area (Å²) in [6, 6.07) is 23.3. The Morgan fingerprint density at radius 1 is 1.07 bits per heavy atom. The van der Waals surface area contributed by atoms with Crippen molar-refractivity contribution in [2.45, 2.75) is 26.5 Å². The molecule has 6 heteroatoms. The molecule has 0 radical (unpaired) electrons. The van der Waals surface area contributed by atoms with Gasteiger partial charge < -0.3 is 18.9 Å². The lowest BCUT2D eigenvalue weighted by Gasteiger charge is -2.12. The standard InChI is InChI=1S/C24H21N3O3/c1-16-7-6-10-19(13-16)28-15-20-11-12-22(29-20)24-27-21(14-25)23(30-24)26-17(2)18-8-4-3-5-9-18/h3-13,17,26H,15H2,1-2H3/t17-/m1/s1. The van der Waals surface area contributed by atoms with Gasteiger partial charge in [-0.25, -0.2) is 0 Å². The predicted octanol–water partition coefficient (Wildman–Crippen LogP) is 5.87. The number of oxazole rings is 1. The molecular formula is C24H21N3O3. The van der Waals surface area contributed by atoms with Gasteiger partial charge in [0.25, 0.3) is 5.89 Å². The van der Waals surface area contributed by atoms with E-state index in [9.17, 15) is 5.26 Å². The minimum Gasteiger partial charge on any atom is -0.486 e. The molecule has 6 nitrogen and oxygen atoms in total. The number of aryl methyl sites for hydroxylation is 1. The molecule has 150 valence electrons. The maximum atomic E-state index is 9.44. The number of hydrogen-bond acceptors (Lipinski definition) is 6. The van der Waals surface area contributed by atoms with Crippen LogP contribution >= 0.6 is 0 Å². The zero-order valence-electron chi connectivity index (χ0n) is 16.8. The monoisotopic (exact) mass is 399 g/mol. The average Bonchev–Trinajstić information content (AvgIpc) is 3.40. The first-order valence-corrected chi connectivity index (χ1v) is 9.63. The van der Waals surface area contributed by atoms with Crippen molar-refractivity contribution >= 4 is 5.88 Å². The Bertz CT molecular complexity index is 1170. The molecule has 4 aromatic rings. The topological polar surface area (TPSA) is 84.2 Å². The molecule has 0 bridgehead atoms. The lowest BCUT2D eigenvalue weighted by molar-refractivity contribution is 0.271. The zero-order valence-corrected chi connectivity index (χ0v) is 16.8. The van der Waals surface area contributed by atoms with Crippen LogP contribution in [0.15, 0.2) is 75.6 Å². The molecule has 30 heavy (non-hydrogen) atoms. The molecule has 2 aromatic carbocycles. The first-order chi connectivity index (χ1) is 14.6. The molecule has 0 aliphatic carbocycles. The van der Waals surface area contributed by atoms with Crippen molar-refractivity contribution in [2.24, 2.45) is 0 Å². The first-order valence-electron chi connectivity index (χ1n) is 9.63. The minimum atomic E-state index is -0.0472. The maximum Gasteiger partial charge on any atom is 0.266 e. The van der Waals surface area contributed by atoms with Gasteiger partial charge in [0, 0.05) is 0 Å². The normalized spacial score (nSPS) is 11.6. The van der Waals surface area contributed by atoms with Gasteiger partial charge in [0.1, 0.15) is 24.2 Å². The third kappa shape index (κ3) is 4.36. The molecule has 1 atom stereocenters. The molecule has 1 N–H and O–H groups in total. The van der Waals surface area contributed by atoms with Crippen molar-refractivity contribution in [3.05, 3.63) is 89.3 Å². The summed E-state index contributed by atoms with van der Waals surface area (Å²) in [6.45, 7) is 4.29. The van der Waals surface area contributed by atoms with Crippen LogP contribution in [0.3, 0.4) is 0 Å². The van der Waals surface area contributed by atoms with Gasteiger partial charge >= 0.3 is 0 Å². The number of furan rings is 1. The van der Waals surface area contributed by atoms with Crippen LogP contribution in [0.2, 0.25) is 0 Å². The minimum absolute atomic E-state index is 0.0472. The molecule has 0 saturated heterocycles. The van der Waals surface area contributed by atoms with Crippen molar-refractivity contribution in [2.75, 3.05) is 5.32 Å². The van der Waals surface area contributed by atoms with Gasteiger partial charge in [-0.15, -0.1) is 0 Å². The Kier molecular flexibility index (Phi) is 5.53. The van der Waals surface area contributed by atoms with Crippen LogP contribution in [-0.4, -0.2) is 4.98 Å². The number of benzene rings is 2. The molecular weight excluding hydrogens is 378 g/mol. The van der Waals surface area contributed by atoms with E-state index in [4.69, 9.17) is 13.6 Å².